The van der Waals surface area contributed by atoms with Crippen LogP contribution in [0.25, 0.3) is 0 Å². The number of benzene rings is 1. The molecule has 0 saturated carbocycles. The van der Waals surface area contributed by atoms with Gasteiger partial charge in [0.25, 0.3) is 0 Å². The third kappa shape index (κ3) is 2.65. The molecule has 0 atom stereocenters. The number of rotatable bonds is 3. The van der Waals surface area contributed by atoms with Gasteiger partial charge in [-0.2, -0.15) is 5.26 Å². The zero-order valence-corrected chi connectivity index (χ0v) is 9.80. The molecule has 16 heavy (non-hydrogen) atoms. The van der Waals surface area contributed by atoms with Crippen molar-refractivity contribution in [2.24, 2.45) is 5.73 Å². The molecule has 1 aromatic rings. The Morgan fingerprint density at radius 2 is 2.19 bits per heavy atom. The number of halogens is 1. The van der Waals surface area contributed by atoms with Crippen molar-refractivity contribution in [3.05, 3.63) is 28.8 Å². The van der Waals surface area contributed by atoms with Gasteiger partial charge in [0, 0.05) is 5.69 Å². The van der Waals surface area contributed by atoms with Crippen molar-refractivity contribution in [3.63, 3.8) is 0 Å². The Labute approximate surface area is 99.0 Å². The Hall–Kier alpha value is -1.73. The molecule has 84 valence electrons. The van der Waals surface area contributed by atoms with Gasteiger partial charge in [-0.1, -0.05) is 11.6 Å². The fraction of sp³-hybridized carbons (Fsp3) is 0.273. The highest BCUT2D eigenvalue weighted by Gasteiger charge is 2.24. The van der Waals surface area contributed by atoms with Crippen LogP contribution in [0.2, 0.25) is 5.02 Å². The van der Waals surface area contributed by atoms with Crippen LogP contribution in [0, 0.1) is 11.3 Å². The Morgan fingerprint density at radius 1 is 1.56 bits per heavy atom. The van der Waals surface area contributed by atoms with Gasteiger partial charge in [-0.3, -0.25) is 4.79 Å². The molecule has 0 aliphatic carbocycles. The number of nitriles is 1. The van der Waals surface area contributed by atoms with Crippen LogP contribution in [0.1, 0.15) is 19.4 Å². The standard InChI is InChI=1S/C11H12ClN3O/c1-11(2,10(14)16)15-8-4-3-7(6-13)9(12)5-8/h3-5,15H,1-2H3,(H2,14,16). The van der Waals surface area contributed by atoms with E-state index in [9.17, 15) is 4.79 Å². The average Bonchev–Trinajstić information content (AvgIpc) is 2.17. The molecule has 0 heterocycles. The minimum atomic E-state index is -0.864. The molecule has 3 N–H and O–H groups in total. The average molecular weight is 238 g/mol. The number of carbonyl (C=O) groups is 1. The molecule has 0 bridgehead atoms. The molecule has 0 radical (unpaired) electrons. The number of hydrogen-bond acceptors (Lipinski definition) is 3. The molecule has 4 nitrogen and oxygen atoms in total. The number of nitrogens with zero attached hydrogens (tertiary/aromatic N) is 1. The smallest absolute Gasteiger partial charge is 0.242 e. The van der Waals surface area contributed by atoms with Crippen molar-refractivity contribution in [1.29, 1.82) is 5.26 Å². The zero-order chi connectivity index (χ0) is 12.3. The van der Waals surface area contributed by atoms with Crippen LogP contribution in [0.4, 0.5) is 5.69 Å². The summed E-state index contributed by atoms with van der Waals surface area (Å²) < 4.78 is 0. The van der Waals surface area contributed by atoms with E-state index in [0.717, 1.165) is 0 Å². The normalized spacial score (nSPS) is 10.6. The molecule has 5 heteroatoms. The molecule has 0 aromatic heterocycles. The second-order valence-corrected chi connectivity index (χ2v) is 4.33. The summed E-state index contributed by atoms with van der Waals surface area (Å²) in [5.74, 6) is -0.465. The second kappa shape index (κ2) is 4.42. The lowest BCUT2D eigenvalue weighted by Gasteiger charge is -2.23. The van der Waals surface area contributed by atoms with Gasteiger partial charge in [-0.15, -0.1) is 0 Å². The van der Waals surface area contributed by atoms with Crippen molar-refractivity contribution in [2.45, 2.75) is 19.4 Å². The maximum atomic E-state index is 11.1. The van der Waals surface area contributed by atoms with Crippen LogP contribution in [0.5, 0.6) is 0 Å². The molecule has 0 spiro atoms. The molecule has 0 aliphatic heterocycles. The minimum Gasteiger partial charge on any atom is -0.372 e. The number of hydrogen-bond donors (Lipinski definition) is 2. The molecule has 1 amide bonds. The van der Waals surface area contributed by atoms with Gasteiger partial charge in [0.15, 0.2) is 0 Å². The highest BCUT2D eigenvalue weighted by Crippen LogP contribution is 2.22. The molecule has 0 fully saturated rings. The number of primary amides is 1. The predicted molar refractivity (Wildman–Crippen MR) is 63.1 cm³/mol. The summed E-state index contributed by atoms with van der Waals surface area (Å²) in [5.41, 5.74) is 5.40. The fourth-order valence-electron chi connectivity index (χ4n) is 1.11. The van der Waals surface area contributed by atoms with E-state index in [0.29, 0.717) is 16.3 Å². The Balaban J connectivity index is 2.97. The number of carbonyl (C=O) groups excluding carboxylic acids is 1. The SMILES string of the molecule is CC(C)(Nc1ccc(C#N)c(Cl)c1)C(N)=O. The molecule has 0 aliphatic rings. The maximum Gasteiger partial charge on any atom is 0.242 e. The van der Waals surface area contributed by atoms with Crippen LogP contribution in [0.3, 0.4) is 0 Å². The quantitative estimate of drug-likeness (QED) is 0.843. The number of nitrogens with two attached hydrogens (primary N) is 1. The topological polar surface area (TPSA) is 78.9 Å². The third-order valence-corrected chi connectivity index (χ3v) is 2.48. The number of nitrogens with one attached hydrogen (secondary N) is 1. The highest BCUT2D eigenvalue weighted by molar-refractivity contribution is 6.32. The van der Waals surface area contributed by atoms with Crippen LogP contribution in [-0.2, 0) is 4.79 Å². The minimum absolute atomic E-state index is 0.341. The molecular weight excluding hydrogens is 226 g/mol. The lowest BCUT2D eigenvalue weighted by Crippen LogP contribution is -2.45. The fourth-order valence-corrected chi connectivity index (χ4v) is 1.33. The first kappa shape index (κ1) is 12.3. The predicted octanol–water partition coefficient (Wildman–Crippen LogP) is 1.89. The van der Waals surface area contributed by atoms with Crippen molar-refractivity contribution in [2.75, 3.05) is 5.32 Å². The van der Waals surface area contributed by atoms with E-state index in [1.165, 1.54) is 0 Å². The zero-order valence-electron chi connectivity index (χ0n) is 9.04. The molecular formula is C11H12ClN3O. The monoisotopic (exact) mass is 237 g/mol. The summed E-state index contributed by atoms with van der Waals surface area (Å²) in [6.07, 6.45) is 0. The molecule has 0 unspecified atom stereocenters. The van der Waals surface area contributed by atoms with E-state index in [-0.39, 0.29) is 0 Å². The first-order chi connectivity index (χ1) is 7.36. The van der Waals surface area contributed by atoms with Crippen molar-refractivity contribution in [3.8, 4) is 6.07 Å². The second-order valence-electron chi connectivity index (χ2n) is 3.92. The van der Waals surface area contributed by atoms with Gasteiger partial charge >= 0.3 is 0 Å². The highest BCUT2D eigenvalue weighted by atomic mass is 35.5. The van der Waals surface area contributed by atoms with Gasteiger partial charge in [0.2, 0.25) is 5.91 Å². The van der Waals surface area contributed by atoms with E-state index in [1.54, 1.807) is 32.0 Å². The van der Waals surface area contributed by atoms with Gasteiger partial charge < -0.3 is 11.1 Å². The van der Waals surface area contributed by atoms with Crippen LogP contribution >= 0.6 is 11.6 Å². The third-order valence-electron chi connectivity index (χ3n) is 2.16. The van der Waals surface area contributed by atoms with Crippen molar-refractivity contribution < 1.29 is 4.79 Å². The summed E-state index contributed by atoms with van der Waals surface area (Å²) in [6, 6.07) is 6.81. The maximum absolute atomic E-state index is 11.1. The van der Waals surface area contributed by atoms with Crippen LogP contribution in [0.15, 0.2) is 18.2 Å². The lowest BCUT2D eigenvalue weighted by atomic mass is 10.0. The number of amides is 1. The largest absolute Gasteiger partial charge is 0.372 e. The molecule has 1 rings (SSSR count). The summed E-state index contributed by atoms with van der Waals surface area (Å²) in [7, 11) is 0. The van der Waals surface area contributed by atoms with Crippen LogP contribution in [-0.4, -0.2) is 11.4 Å². The van der Waals surface area contributed by atoms with Crippen LogP contribution < -0.4 is 11.1 Å². The van der Waals surface area contributed by atoms with E-state index in [1.807, 2.05) is 6.07 Å². The lowest BCUT2D eigenvalue weighted by molar-refractivity contribution is -0.121. The first-order valence-electron chi connectivity index (χ1n) is 4.64. The van der Waals surface area contributed by atoms with E-state index in [2.05, 4.69) is 5.32 Å². The van der Waals surface area contributed by atoms with Crippen molar-refractivity contribution in [1.82, 2.24) is 0 Å². The first-order valence-corrected chi connectivity index (χ1v) is 5.02. The van der Waals surface area contributed by atoms with Gasteiger partial charge in [0.1, 0.15) is 11.6 Å². The Bertz CT molecular complexity index is 463. The molecule has 0 saturated heterocycles. The summed E-state index contributed by atoms with van der Waals surface area (Å²) in [4.78, 5) is 11.1. The van der Waals surface area contributed by atoms with Gasteiger partial charge in [-0.25, -0.2) is 0 Å². The summed E-state index contributed by atoms with van der Waals surface area (Å²) in [6.45, 7) is 3.34. The Kier molecular flexibility index (Phi) is 3.41. The van der Waals surface area contributed by atoms with E-state index < -0.39 is 11.4 Å². The van der Waals surface area contributed by atoms with Gasteiger partial charge in [-0.05, 0) is 32.0 Å². The molecule has 1 aromatic carbocycles. The Morgan fingerprint density at radius 3 is 2.62 bits per heavy atom. The van der Waals surface area contributed by atoms with Crippen molar-refractivity contribution >= 4 is 23.2 Å². The van der Waals surface area contributed by atoms with E-state index >= 15 is 0 Å². The summed E-state index contributed by atoms with van der Waals surface area (Å²) >= 11 is 5.86. The summed E-state index contributed by atoms with van der Waals surface area (Å²) in [5, 5.41) is 12.0. The van der Waals surface area contributed by atoms with E-state index in [4.69, 9.17) is 22.6 Å². The number of anilines is 1. The van der Waals surface area contributed by atoms with Gasteiger partial charge in [0.05, 0.1) is 10.6 Å².